The zero-order valence-corrected chi connectivity index (χ0v) is 17.8. The highest BCUT2D eigenvalue weighted by Crippen LogP contribution is 2.53. The molecule has 0 unspecified atom stereocenters. The summed E-state index contributed by atoms with van der Waals surface area (Å²) in [6.45, 7) is 1.87. The van der Waals surface area contributed by atoms with Gasteiger partial charge in [0.05, 0.1) is 24.3 Å². The topological polar surface area (TPSA) is 117 Å². The zero-order valence-electron chi connectivity index (χ0n) is 17.8. The van der Waals surface area contributed by atoms with E-state index >= 15 is 0 Å². The quantitative estimate of drug-likeness (QED) is 0.543. The van der Waals surface area contributed by atoms with E-state index in [1.165, 1.54) is 23.0 Å². The predicted octanol–water partition coefficient (Wildman–Crippen LogP) is 2.81. The van der Waals surface area contributed by atoms with Crippen LogP contribution in [0.4, 0.5) is 19.0 Å². The molecule has 2 fully saturated rings. The highest BCUT2D eigenvalue weighted by atomic mass is 19.4. The SMILES string of the molecule is NC(=O)c1c(-c2cnn(Cc3ccccc3C(F)(F)F)c2)nn(C2CC3(CCNC3)C2)c1N. The molecule has 2 aliphatic rings. The van der Waals surface area contributed by atoms with E-state index in [1.807, 2.05) is 0 Å². The van der Waals surface area contributed by atoms with E-state index in [0.29, 0.717) is 11.3 Å². The Morgan fingerprint density at radius 1 is 1.27 bits per heavy atom. The fraction of sp³-hybridized carbons (Fsp3) is 0.409. The van der Waals surface area contributed by atoms with Crippen LogP contribution in [0.15, 0.2) is 36.7 Å². The van der Waals surface area contributed by atoms with Crippen LogP contribution in [0.25, 0.3) is 11.3 Å². The van der Waals surface area contributed by atoms with E-state index in [1.54, 1.807) is 16.9 Å². The Kier molecular flexibility index (Phi) is 4.96. The van der Waals surface area contributed by atoms with Crippen molar-refractivity contribution in [2.75, 3.05) is 18.8 Å². The summed E-state index contributed by atoms with van der Waals surface area (Å²) < 4.78 is 43.0. The zero-order chi connectivity index (χ0) is 23.4. The van der Waals surface area contributed by atoms with Crippen molar-refractivity contribution in [2.24, 2.45) is 11.1 Å². The van der Waals surface area contributed by atoms with Gasteiger partial charge in [0, 0.05) is 18.3 Å². The lowest BCUT2D eigenvalue weighted by Crippen LogP contribution is -2.40. The van der Waals surface area contributed by atoms with Gasteiger partial charge >= 0.3 is 6.18 Å². The first-order chi connectivity index (χ1) is 15.7. The van der Waals surface area contributed by atoms with E-state index < -0.39 is 17.6 Å². The molecule has 1 saturated carbocycles. The third-order valence-corrected chi connectivity index (χ3v) is 6.77. The van der Waals surface area contributed by atoms with Gasteiger partial charge in [-0.25, -0.2) is 4.68 Å². The molecule has 8 nitrogen and oxygen atoms in total. The second-order valence-electron chi connectivity index (χ2n) is 8.99. The van der Waals surface area contributed by atoms with E-state index in [0.717, 1.165) is 38.4 Å². The minimum atomic E-state index is -4.46. The number of carbonyl (C=O) groups excluding carboxylic acids is 1. The Hall–Kier alpha value is -3.34. The Labute approximate surface area is 187 Å². The summed E-state index contributed by atoms with van der Waals surface area (Å²) in [7, 11) is 0. The minimum absolute atomic E-state index is 0.0745. The van der Waals surface area contributed by atoms with E-state index in [4.69, 9.17) is 11.5 Å². The van der Waals surface area contributed by atoms with Crippen LogP contribution in [0.2, 0.25) is 0 Å². The lowest BCUT2D eigenvalue weighted by atomic mass is 9.65. The van der Waals surface area contributed by atoms with Gasteiger partial charge in [0.2, 0.25) is 0 Å². The van der Waals surface area contributed by atoms with Crippen molar-refractivity contribution in [3.63, 3.8) is 0 Å². The maximum absolute atomic E-state index is 13.3. The molecule has 1 saturated heterocycles. The molecule has 11 heteroatoms. The highest BCUT2D eigenvalue weighted by molar-refractivity contribution is 6.03. The molecule has 1 aliphatic heterocycles. The molecule has 5 rings (SSSR count). The number of benzene rings is 1. The van der Waals surface area contributed by atoms with Crippen molar-refractivity contribution >= 4 is 11.7 Å². The molecule has 1 spiro atoms. The molecule has 3 heterocycles. The van der Waals surface area contributed by atoms with E-state index in [2.05, 4.69) is 15.5 Å². The van der Waals surface area contributed by atoms with Gasteiger partial charge in [0.15, 0.2) is 0 Å². The molecule has 174 valence electrons. The van der Waals surface area contributed by atoms with Crippen molar-refractivity contribution in [2.45, 2.75) is 38.0 Å². The smallest absolute Gasteiger partial charge is 0.383 e. The van der Waals surface area contributed by atoms with Crippen molar-refractivity contribution in [1.29, 1.82) is 0 Å². The largest absolute Gasteiger partial charge is 0.416 e. The second kappa shape index (κ2) is 7.62. The standard InChI is InChI=1S/C22H24F3N7O/c23-22(24,25)16-4-2-1-3-13(16)10-31-11-14(9-29-31)18-17(20(27)33)19(26)32(30-18)15-7-21(8-15)5-6-28-12-21/h1-4,9,11,15,28H,5-8,10,12,26H2,(H2,27,33). The van der Waals surface area contributed by atoms with Crippen LogP contribution in [0, 0.1) is 5.41 Å². The van der Waals surface area contributed by atoms with Gasteiger partial charge in [-0.15, -0.1) is 0 Å². The van der Waals surface area contributed by atoms with Crippen LogP contribution in [0.5, 0.6) is 0 Å². The van der Waals surface area contributed by atoms with Crippen molar-refractivity contribution in [1.82, 2.24) is 24.9 Å². The fourth-order valence-corrected chi connectivity index (χ4v) is 5.11. The number of aromatic nitrogens is 4. The summed E-state index contributed by atoms with van der Waals surface area (Å²) in [5.74, 6) is -0.501. The summed E-state index contributed by atoms with van der Waals surface area (Å²) in [6, 6.07) is 5.43. The molecule has 3 aromatic rings. The average molecular weight is 459 g/mol. The van der Waals surface area contributed by atoms with Crippen molar-refractivity contribution < 1.29 is 18.0 Å². The molecule has 5 N–H and O–H groups in total. The maximum Gasteiger partial charge on any atom is 0.416 e. The molecule has 2 aromatic heterocycles. The molecular weight excluding hydrogens is 435 g/mol. The molecule has 0 atom stereocenters. The number of hydrogen-bond donors (Lipinski definition) is 3. The Morgan fingerprint density at radius 3 is 2.70 bits per heavy atom. The number of amides is 1. The van der Waals surface area contributed by atoms with Crippen LogP contribution in [0.1, 0.15) is 46.8 Å². The van der Waals surface area contributed by atoms with Crippen LogP contribution in [-0.4, -0.2) is 38.6 Å². The van der Waals surface area contributed by atoms with Gasteiger partial charge in [0.25, 0.3) is 5.91 Å². The number of rotatable bonds is 5. The molecular formula is C22H24F3N7O. The number of nitrogens with one attached hydrogen (secondary N) is 1. The van der Waals surface area contributed by atoms with Crippen LogP contribution in [0.3, 0.4) is 0 Å². The molecule has 1 aromatic carbocycles. The number of nitrogen functional groups attached to an aromatic ring is 1. The molecule has 0 bridgehead atoms. The lowest BCUT2D eigenvalue weighted by Gasteiger charge is -2.45. The van der Waals surface area contributed by atoms with Crippen LogP contribution < -0.4 is 16.8 Å². The average Bonchev–Trinajstić information content (AvgIpc) is 3.45. The molecule has 1 amide bonds. The monoisotopic (exact) mass is 459 g/mol. The number of nitrogens with two attached hydrogens (primary N) is 2. The highest BCUT2D eigenvalue weighted by Gasteiger charge is 2.48. The maximum atomic E-state index is 13.3. The van der Waals surface area contributed by atoms with Gasteiger partial charge in [-0.2, -0.15) is 23.4 Å². The lowest BCUT2D eigenvalue weighted by molar-refractivity contribution is -0.138. The van der Waals surface area contributed by atoms with Gasteiger partial charge in [-0.3, -0.25) is 9.48 Å². The van der Waals surface area contributed by atoms with E-state index in [-0.39, 0.29) is 34.9 Å². The molecule has 0 radical (unpaired) electrons. The van der Waals surface area contributed by atoms with Gasteiger partial charge in [-0.1, -0.05) is 18.2 Å². The third kappa shape index (κ3) is 3.75. The number of carbonyl (C=O) groups is 1. The van der Waals surface area contributed by atoms with Gasteiger partial charge in [0.1, 0.15) is 17.1 Å². The Morgan fingerprint density at radius 2 is 2.03 bits per heavy atom. The normalized spacial score (nSPS) is 22.6. The van der Waals surface area contributed by atoms with E-state index in [9.17, 15) is 18.0 Å². The third-order valence-electron chi connectivity index (χ3n) is 6.77. The molecule has 33 heavy (non-hydrogen) atoms. The second-order valence-corrected chi connectivity index (χ2v) is 8.99. The number of primary amides is 1. The van der Waals surface area contributed by atoms with Crippen molar-refractivity contribution in [3.8, 4) is 11.3 Å². The van der Waals surface area contributed by atoms with Crippen LogP contribution in [-0.2, 0) is 12.7 Å². The first kappa shape index (κ1) is 21.5. The first-order valence-corrected chi connectivity index (χ1v) is 10.7. The number of nitrogens with zero attached hydrogens (tertiary/aromatic N) is 4. The Balaban J connectivity index is 1.43. The first-order valence-electron chi connectivity index (χ1n) is 10.7. The Bertz CT molecular complexity index is 1200. The summed E-state index contributed by atoms with van der Waals surface area (Å²) in [6.07, 6.45) is 1.47. The van der Waals surface area contributed by atoms with Crippen molar-refractivity contribution in [3.05, 3.63) is 53.3 Å². The van der Waals surface area contributed by atoms with Gasteiger partial charge < -0.3 is 16.8 Å². The number of halogens is 3. The number of alkyl halides is 3. The summed E-state index contributed by atoms with van der Waals surface area (Å²) in [4.78, 5) is 12.2. The van der Waals surface area contributed by atoms with Gasteiger partial charge in [-0.05, 0) is 42.9 Å². The summed E-state index contributed by atoms with van der Waals surface area (Å²) in [5, 5.41) is 12.2. The number of anilines is 1. The minimum Gasteiger partial charge on any atom is -0.383 e. The predicted molar refractivity (Wildman–Crippen MR) is 115 cm³/mol. The fourth-order valence-electron chi connectivity index (χ4n) is 5.11. The van der Waals surface area contributed by atoms with Crippen LogP contribution >= 0.6 is 0 Å². The summed E-state index contributed by atoms with van der Waals surface area (Å²) in [5.41, 5.74) is 12.4. The molecule has 1 aliphatic carbocycles. The number of hydrogen-bond acceptors (Lipinski definition) is 5. The summed E-state index contributed by atoms with van der Waals surface area (Å²) >= 11 is 0.